The molecule has 8 heteroatoms. The van der Waals surface area contributed by atoms with Crippen LogP contribution in [0.3, 0.4) is 0 Å². The molecule has 0 radical (unpaired) electrons. The lowest BCUT2D eigenvalue weighted by molar-refractivity contribution is -0.115. The van der Waals surface area contributed by atoms with Crippen molar-refractivity contribution in [1.29, 1.82) is 0 Å². The standard InChI is InChI=1S/C11H15F3N2O2S/c1-2-7-16-19(17,18)10-5-3-9(4-6-10)15-8-11(12,13)14/h3-6,15-16H,2,7-8H2,1H3. The molecule has 1 aromatic carbocycles. The van der Waals surface area contributed by atoms with Crippen LogP contribution < -0.4 is 10.0 Å². The Morgan fingerprint density at radius 2 is 1.74 bits per heavy atom. The van der Waals surface area contributed by atoms with Crippen LogP contribution in [0.15, 0.2) is 29.2 Å². The van der Waals surface area contributed by atoms with Crippen molar-refractivity contribution in [1.82, 2.24) is 4.72 Å². The molecule has 0 amide bonds. The van der Waals surface area contributed by atoms with Gasteiger partial charge >= 0.3 is 6.18 Å². The molecule has 0 atom stereocenters. The van der Waals surface area contributed by atoms with Gasteiger partial charge in [0.15, 0.2) is 0 Å². The van der Waals surface area contributed by atoms with Gasteiger partial charge in [0, 0.05) is 12.2 Å². The second-order valence-corrected chi connectivity index (χ2v) is 5.66. The molecule has 0 spiro atoms. The average molecular weight is 296 g/mol. The summed E-state index contributed by atoms with van der Waals surface area (Å²) in [7, 11) is -3.58. The molecule has 0 fully saturated rings. The Hall–Kier alpha value is -1.28. The Labute approximate surface area is 110 Å². The van der Waals surface area contributed by atoms with E-state index < -0.39 is 22.7 Å². The lowest BCUT2D eigenvalue weighted by atomic mass is 10.3. The Kier molecular flexibility index (Phi) is 5.19. The van der Waals surface area contributed by atoms with Gasteiger partial charge in [-0.3, -0.25) is 0 Å². The van der Waals surface area contributed by atoms with Crippen molar-refractivity contribution in [3.8, 4) is 0 Å². The lowest BCUT2D eigenvalue weighted by Gasteiger charge is -2.10. The Morgan fingerprint density at radius 3 is 2.21 bits per heavy atom. The smallest absolute Gasteiger partial charge is 0.376 e. The van der Waals surface area contributed by atoms with E-state index >= 15 is 0 Å². The summed E-state index contributed by atoms with van der Waals surface area (Å²) in [5, 5.41) is 2.17. The van der Waals surface area contributed by atoms with Gasteiger partial charge in [-0.15, -0.1) is 0 Å². The number of sulfonamides is 1. The molecule has 1 rings (SSSR count). The number of hydrogen-bond donors (Lipinski definition) is 2. The molecule has 0 aliphatic carbocycles. The van der Waals surface area contributed by atoms with Gasteiger partial charge in [-0.1, -0.05) is 6.92 Å². The molecule has 108 valence electrons. The van der Waals surface area contributed by atoms with E-state index in [2.05, 4.69) is 10.0 Å². The molecule has 0 aliphatic heterocycles. The van der Waals surface area contributed by atoms with Crippen molar-refractivity contribution in [3.63, 3.8) is 0 Å². The first-order chi connectivity index (χ1) is 8.74. The first kappa shape index (κ1) is 15.8. The lowest BCUT2D eigenvalue weighted by Crippen LogP contribution is -2.24. The summed E-state index contributed by atoms with van der Waals surface area (Å²) in [4.78, 5) is 0.0264. The average Bonchev–Trinajstić information content (AvgIpc) is 2.34. The number of benzene rings is 1. The molecule has 4 nitrogen and oxygen atoms in total. The van der Waals surface area contributed by atoms with Gasteiger partial charge < -0.3 is 5.32 Å². The molecule has 0 aromatic heterocycles. The summed E-state index contributed by atoms with van der Waals surface area (Å²) < 4.78 is 61.7. The fourth-order valence-electron chi connectivity index (χ4n) is 1.27. The summed E-state index contributed by atoms with van der Waals surface area (Å²) >= 11 is 0. The minimum atomic E-state index is -4.31. The minimum absolute atomic E-state index is 0.0264. The number of halogens is 3. The molecule has 19 heavy (non-hydrogen) atoms. The first-order valence-electron chi connectivity index (χ1n) is 5.65. The molecule has 0 saturated carbocycles. The molecule has 0 heterocycles. The van der Waals surface area contributed by atoms with Gasteiger partial charge in [0.2, 0.25) is 10.0 Å². The van der Waals surface area contributed by atoms with Gasteiger partial charge in [0.25, 0.3) is 0 Å². The Morgan fingerprint density at radius 1 is 1.16 bits per heavy atom. The molecule has 2 N–H and O–H groups in total. The van der Waals surface area contributed by atoms with Crippen LogP contribution in [0.4, 0.5) is 18.9 Å². The molecule has 0 bridgehead atoms. The number of rotatable bonds is 6. The maximum Gasteiger partial charge on any atom is 0.405 e. The van der Waals surface area contributed by atoms with Gasteiger partial charge in [-0.05, 0) is 30.7 Å². The molecule has 1 aromatic rings. The zero-order chi connectivity index (χ0) is 14.5. The third-order valence-corrected chi connectivity index (χ3v) is 3.68. The zero-order valence-electron chi connectivity index (χ0n) is 10.3. The number of hydrogen-bond acceptors (Lipinski definition) is 3. The van der Waals surface area contributed by atoms with E-state index in [9.17, 15) is 21.6 Å². The summed E-state index contributed by atoms with van der Waals surface area (Å²) in [6, 6.07) is 5.12. The second-order valence-electron chi connectivity index (χ2n) is 3.89. The van der Waals surface area contributed by atoms with Crippen LogP contribution in [0.1, 0.15) is 13.3 Å². The van der Waals surface area contributed by atoms with E-state index in [4.69, 9.17) is 0 Å². The monoisotopic (exact) mass is 296 g/mol. The SMILES string of the molecule is CCCNS(=O)(=O)c1ccc(NCC(F)(F)F)cc1. The van der Waals surface area contributed by atoms with E-state index in [0.717, 1.165) is 0 Å². The normalized spacial score (nSPS) is 12.4. The van der Waals surface area contributed by atoms with Crippen molar-refractivity contribution in [2.75, 3.05) is 18.4 Å². The van der Waals surface area contributed by atoms with E-state index in [0.29, 0.717) is 13.0 Å². The van der Waals surface area contributed by atoms with Crippen molar-refractivity contribution < 1.29 is 21.6 Å². The van der Waals surface area contributed by atoms with Crippen LogP contribution in [0.2, 0.25) is 0 Å². The van der Waals surface area contributed by atoms with Crippen molar-refractivity contribution in [2.24, 2.45) is 0 Å². The highest BCUT2D eigenvalue weighted by molar-refractivity contribution is 7.89. The van der Waals surface area contributed by atoms with Gasteiger partial charge in [-0.25, -0.2) is 13.1 Å². The van der Waals surface area contributed by atoms with Crippen LogP contribution in [-0.4, -0.2) is 27.7 Å². The van der Waals surface area contributed by atoms with Crippen molar-refractivity contribution in [2.45, 2.75) is 24.4 Å². The number of nitrogens with one attached hydrogen (secondary N) is 2. The Balaban J connectivity index is 2.71. The third-order valence-electron chi connectivity index (χ3n) is 2.20. The summed E-state index contributed by atoms with van der Waals surface area (Å²) in [5.74, 6) is 0. The third kappa shape index (κ3) is 5.48. The largest absolute Gasteiger partial charge is 0.405 e. The highest BCUT2D eigenvalue weighted by Gasteiger charge is 2.26. The van der Waals surface area contributed by atoms with Crippen LogP contribution in [-0.2, 0) is 10.0 Å². The number of alkyl halides is 3. The maximum atomic E-state index is 12.0. The molecule has 0 aliphatic rings. The maximum absolute atomic E-state index is 12.0. The summed E-state index contributed by atoms with van der Waals surface area (Å²) in [6.45, 7) is 0.982. The first-order valence-corrected chi connectivity index (χ1v) is 7.13. The second kappa shape index (κ2) is 6.25. The topological polar surface area (TPSA) is 58.2 Å². The zero-order valence-corrected chi connectivity index (χ0v) is 11.1. The van der Waals surface area contributed by atoms with Gasteiger partial charge in [0.05, 0.1) is 4.90 Å². The predicted molar refractivity (Wildman–Crippen MR) is 66.5 cm³/mol. The van der Waals surface area contributed by atoms with E-state index in [1.807, 2.05) is 6.92 Å². The molecular weight excluding hydrogens is 281 g/mol. The fourth-order valence-corrected chi connectivity index (χ4v) is 2.41. The van der Waals surface area contributed by atoms with E-state index in [1.54, 1.807) is 0 Å². The van der Waals surface area contributed by atoms with Crippen molar-refractivity contribution in [3.05, 3.63) is 24.3 Å². The summed E-state index contributed by atoms with van der Waals surface area (Å²) in [5.41, 5.74) is 0.215. The molecule has 0 unspecified atom stereocenters. The molecule has 0 saturated heterocycles. The Bertz CT molecular complexity index is 498. The fraction of sp³-hybridized carbons (Fsp3) is 0.455. The van der Waals surface area contributed by atoms with Gasteiger partial charge in [0.1, 0.15) is 6.54 Å². The predicted octanol–water partition coefficient (Wildman–Crippen LogP) is 2.35. The van der Waals surface area contributed by atoms with Gasteiger partial charge in [-0.2, -0.15) is 13.2 Å². The summed E-state index contributed by atoms with van der Waals surface area (Å²) in [6.07, 6.45) is -3.65. The van der Waals surface area contributed by atoms with Crippen LogP contribution >= 0.6 is 0 Å². The van der Waals surface area contributed by atoms with Crippen LogP contribution in [0.5, 0.6) is 0 Å². The van der Waals surface area contributed by atoms with Crippen LogP contribution in [0, 0.1) is 0 Å². The highest BCUT2D eigenvalue weighted by Crippen LogP contribution is 2.18. The van der Waals surface area contributed by atoms with Crippen molar-refractivity contribution >= 4 is 15.7 Å². The van der Waals surface area contributed by atoms with E-state index in [-0.39, 0.29) is 10.6 Å². The highest BCUT2D eigenvalue weighted by atomic mass is 32.2. The van der Waals surface area contributed by atoms with E-state index in [1.165, 1.54) is 24.3 Å². The molecular formula is C11H15F3N2O2S. The minimum Gasteiger partial charge on any atom is -0.376 e. The number of anilines is 1. The van der Waals surface area contributed by atoms with Crippen LogP contribution in [0.25, 0.3) is 0 Å². The quantitative estimate of drug-likeness (QED) is 0.847.